The Bertz CT molecular complexity index is 317. The predicted molar refractivity (Wildman–Crippen MR) is 68.5 cm³/mol. The van der Waals surface area contributed by atoms with Crippen LogP contribution in [0.25, 0.3) is 0 Å². The summed E-state index contributed by atoms with van der Waals surface area (Å²) in [5.41, 5.74) is 1.26. The van der Waals surface area contributed by atoms with Gasteiger partial charge < -0.3 is 14.8 Å². The van der Waals surface area contributed by atoms with Gasteiger partial charge in [0.2, 0.25) is 0 Å². The molecule has 1 aromatic carbocycles. The Morgan fingerprint density at radius 1 is 1.35 bits per heavy atom. The Kier molecular flexibility index (Phi) is 4.83. The SMILES string of the molecule is Cc1ccc(OCCNCC2CCOC2)cc1. The van der Waals surface area contributed by atoms with Crippen LogP contribution in [0.5, 0.6) is 5.75 Å². The molecule has 2 rings (SSSR count). The van der Waals surface area contributed by atoms with Crippen molar-refractivity contribution >= 4 is 0 Å². The van der Waals surface area contributed by atoms with Crippen molar-refractivity contribution in [3.05, 3.63) is 29.8 Å². The normalized spacial score (nSPS) is 19.5. The standard InChI is InChI=1S/C14H21NO2/c1-12-2-4-14(5-3-12)17-9-7-15-10-13-6-8-16-11-13/h2-5,13,15H,6-11H2,1H3. The van der Waals surface area contributed by atoms with Gasteiger partial charge in [-0.15, -0.1) is 0 Å². The maximum Gasteiger partial charge on any atom is 0.119 e. The molecule has 1 saturated heterocycles. The van der Waals surface area contributed by atoms with Gasteiger partial charge in [0.15, 0.2) is 0 Å². The summed E-state index contributed by atoms with van der Waals surface area (Å²) in [7, 11) is 0. The molecule has 3 heteroatoms. The van der Waals surface area contributed by atoms with E-state index in [9.17, 15) is 0 Å². The fourth-order valence-corrected chi connectivity index (χ4v) is 1.93. The molecule has 17 heavy (non-hydrogen) atoms. The number of rotatable bonds is 6. The lowest BCUT2D eigenvalue weighted by atomic mass is 10.1. The largest absolute Gasteiger partial charge is 0.492 e. The molecule has 1 heterocycles. The average Bonchev–Trinajstić information content (AvgIpc) is 2.84. The summed E-state index contributed by atoms with van der Waals surface area (Å²) in [5.74, 6) is 1.64. The second-order valence-electron chi connectivity index (χ2n) is 4.60. The van der Waals surface area contributed by atoms with Crippen LogP contribution >= 0.6 is 0 Å². The summed E-state index contributed by atoms with van der Waals surface area (Å²) in [4.78, 5) is 0. The monoisotopic (exact) mass is 235 g/mol. The van der Waals surface area contributed by atoms with Gasteiger partial charge in [0.1, 0.15) is 12.4 Å². The van der Waals surface area contributed by atoms with Crippen molar-refractivity contribution in [3.8, 4) is 5.75 Å². The highest BCUT2D eigenvalue weighted by atomic mass is 16.5. The van der Waals surface area contributed by atoms with E-state index in [-0.39, 0.29) is 0 Å². The quantitative estimate of drug-likeness (QED) is 0.765. The van der Waals surface area contributed by atoms with Crippen LogP contribution in [0.4, 0.5) is 0 Å². The lowest BCUT2D eigenvalue weighted by molar-refractivity contribution is 0.185. The van der Waals surface area contributed by atoms with Gasteiger partial charge in [-0.25, -0.2) is 0 Å². The average molecular weight is 235 g/mol. The Morgan fingerprint density at radius 2 is 2.18 bits per heavy atom. The van der Waals surface area contributed by atoms with Crippen LogP contribution in [-0.2, 0) is 4.74 Å². The highest BCUT2D eigenvalue weighted by Crippen LogP contribution is 2.11. The molecule has 1 aromatic rings. The molecular formula is C14H21NO2. The van der Waals surface area contributed by atoms with Crippen LogP contribution in [0.2, 0.25) is 0 Å². The van der Waals surface area contributed by atoms with E-state index in [0.717, 1.165) is 38.7 Å². The lowest BCUT2D eigenvalue weighted by Crippen LogP contribution is -2.27. The van der Waals surface area contributed by atoms with Gasteiger partial charge in [-0.05, 0) is 31.4 Å². The highest BCUT2D eigenvalue weighted by molar-refractivity contribution is 5.26. The molecule has 1 aliphatic heterocycles. The number of aryl methyl sites for hydroxylation is 1. The molecule has 0 amide bonds. The zero-order valence-corrected chi connectivity index (χ0v) is 10.4. The Balaban J connectivity index is 1.55. The van der Waals surface area contributed by atoms with E-state index in [4.69, 9.17) is 9.47 Å². The molecule has 0 bridgehead atoms. The third kappa shape index (κ3) is 4.36. The number of hydrogen-bond acceptors (Lipinski definition) is 3. The summed E-state index contributed by atoms with van der Waals surface area (Å²) < 4.78 is 11.0. The fraction of sp³-hybridized carbons (Fsp3) is 0.571. The van der Waals surface area contributed by atoms with Crippen LogP contribution in [0, 0.1) is 12.8 Å². The summed E-state index contributed by atoms with van der Waals surface area (Å²) in [6.45, 7) is 6.56. The van der Waals surface area contributed by atoms with E-state index < -0.39 is 0 Å². The number of benzene rings is 1. The molecule has 1 atom stereocenters. The van der Waals surface area contributed by atoms with Crippen molar-refractivity contribution in [2.45, 2.75) is 13.3 Å². The molecule has 1 unspecified atom stereocenters. The molecule has 0 aromatic heterocycles. The molecule has 1 aliphatic rings. The topological polar surface area (TPSA) is 30.5 Å². The van der Waals surface area contributed by atoms with Gasteiger partial charge >= 0.3 is 0 Å². The Morgan fingerprint density at radius 3 is 2.88 bits per heavy atom. The van der Waals surface area contributed by atoms with E-state index in [2.05, 4.69) is 24.4 Å². The zero-order chi connectivity index (χ0) is 11.9. The Hall–Kier alpha value is -1.06. The van der Waals surface area contributed by atoms with E-state index >= 15 is 0 Å². The van der Waals surface area contributed by atoms with Crippen LogP contribution in [0.15, 0.2) is 24.3 Å². The molecule has 1 N–H and O–H groups in total. The zero-order valence-electron chi connectivity index (χ0n) is 10.4. The van der Waals surface area contributed by atoms with Crippen LogP contribution in [-0.4, -0.2) is 32.9 Å². The van der Waals surface area contributed by atoms with Gasteiger partial charge in [0.05, 0.1) is 6.61 Å². The summed E-state index contributed by atoms with van der Waals surface area (Å²) >= 11 is 0. The summed E-state index contributed by atoms with van der Waals surface area (Å²) in [6, 6.07) is 8.16. The molecule has 1 fully saturated rings. The van der Waals surface area contributed by atoms with Crippen molar-refractivity contribution in [1.82, 2.24) is 5.32 Å². The van der Waals surface area contributed by atoms with Crippen molar-refractivity contribution in [3.63, 3.8) is 0 Å². The number of hydrogen-bond donors (Lipinski definition) is 1. The molecule has 0 saturated carbocycles. The molecule has 0 radical (unpaired) electrons. The second-order valence-corrected chi connectivity index (χ2v) is 4.60. The van der Waals surface area contributed by atoms with E-state index in [1.165, 1.54) is 12.0 Å². The smallest absolute Gasteiger partial charge is 0.119 e. The Labute approximate surface area is 103 Å². The minimum absolute atomic E-state index is 0.689. The maximum absolute atomic E-state index is 5.63. The third-order valence-electron chi connectivity index (χ3n) is 3.03. The van der Waals surface area contributed by atoms with Crippen molar-refractivity contribution in [2.75, 3.05) is 32.9 Å². The number of nitrogens with one attached hydrogen (secondary N) is 1. The highest BCUT2D eigenvalue weighted by Gasteiger charge is 2.14. The van der Waals surface area contributed by atoms with Gasteiger partial charge in [0.25, 0.3) is 0 Å². The minimum atomic E-state index is 0.689. The summed E-state index contributed by atoms with van der Waals surface area (Å²) in [5, 5.41) is 3.40. The van der Waals surface area contributed by atoms with E-state index in [0.29, 0.717) is 5.92 Å². The first kappa shape index (κ1) is 12.4. The fourth-order valence-electron chi connectivity index (χ4n) is 1.93. The van der Waals surface area contributed by atoms with Crippen molar-refractivity contribution in [2.24, 2.45) is 5.92 Å². The second kappa shape index (κ2) is 6.62. The van der Waals surface area contributed by atoms with Gasteiger partial charge in [0, 0.05) is 19.7 Å². The molecule has 3 nitrogen and oxygen atoms in total. The van der Waals surface area contributed by atoms with Crippen molar-refractivity contribution < 1.29 is 9.47 Å². The van der Waals surface area contributed by atoms with Gasteiger partial charge in [-0.3, -0.25) is 0 Å². The van der Waals surface area contributed by atoms with Crippen LogP contribution in [0.3, 0.4) is 0 Å². The predicted octanol–water partition coefficient (Wildman–Crippen LogP) is 2.00. The van der Waals surface area contributed by atoms with Crippen molar-refractivity contribution in [1.29, 1.82) is 0 Å². The molecule has 94 valence electrons. The minimum Gasteiger partial charge on any atom is -0.492 e. The molecule has 0 aliphatic carbocycles. The van der Waals surface area contributed by atoms with E-state index in [1.807, 2.05) is 12.1 Å². The van der Waals surface area contributed by atoms with Gasteiger partial charge in [-0.2, -0.15) is 0 Å². The first-order valence-electron chi connectivity index (χ1n) is 6.32. The maximum atomic E-state index is 5.63. The van der Waals surface area contributed by atoms with Crippen LogP contribution in [0.1, 0.15) is 12.0 Å². The first-order valence-corrected chi connectivity index (χ1v) is 6.32. The first-order chi connectivity index (χ1) is 8.34. The third-order valence-corrected chi connectivity index (χ3v) is 3.03. The lowest BCUT2D eigenvalue weighted by Gasteiger charge is -2.10. The van der Waals surface area contributed by atoms with Gasteiger partial charge in [-0.1, -0.05) is 17.7 Å². The van der Waals surface area contributed by atoms with Crippen LogP contribution < -0.4 is 10.1 Å². The van der Waals surface area contributed by atoms with E-state index in [1.54, 1.807) is 0 Å². The molecular weight excluding hydrogens is 214 g/mol. The molecule has 0 spiro atoms. The summed E-state index contributed by atoms with van der Waals surface area (Å²) in [6.07, 6.45) is 1.19. The number of ether oxygens (including phenoxy) is 2.